The molecule has 5 rings (SSSR count). The summed E-state index contributed by atoms with van der Waals surface area (Å²) in [5, 5.41) is 11.8. The number of halogens is 1. The molecule has 3 aromatic heterocycles. The molecule has 1 aliphatic heterocycles. The maximum Gasteiger partial charge on any atom is 0.336 e. The van der Waals surface area contributed by atoms with E-state index in [-0.39, 0.29) is 22.9 Å². The number of piperidine rings is 1. The Bertz CT molecular complexity index is 1350. The molecule has 11 heteroatoms. The van der Waals surface area contributed by atoms with E-state index >= 15 is 0 Å². The number of carbonyl (C=O) groups excluding carboxylic acids is 1. The molecule has 4 aromatic rings. The van der Waals surface area contributed by atoms with E-state index < -0.39 is 0 Å². The molecular weight excluding hydrogens is 478 g/mol. The summed E-state index contributed by atoms with van der Waals surface area (Å²) in [6, 6.07) is 10.6. The van der Waals surface area contributed by atoms with Crippen molar-refractivity contribution in [1.82, 2.24) is 24.9 Å². The smallest absolute Gasteiger partial charge is 0.336 e. The Balaban J connectivity index is 1.45. The zero-order valence-electron chi connectivity index (χ0n) is 17.0. The van der Waals surface area contributed by atoms with Gasteiger partial charge in [-0.2, -0.15) is 19.6 Å². The number of anilines is 3. The highest BCUT2D eigenvalue weighted by molar-refractivity contribution is 9.09. The van der Waals surface area contributed by atoms with Crippen molar-refractivity contribution in [3.05, 3.63) is 53.1 Å². The quantitative estimate of drug-likeness (QED) is 0.318. The van der Waals surface area contributed by atoms with Crippen LogP contribution in [-0.2, 0) is 4.79 Å². The molecule has 1 aromatic carbocycles. The molecule has 1 saturated heterocycles. The van der Waals surface area contributed by atoms with Crippen LogP contribution in [-0.4, -0.2) is 50.0 Å². The standard InChI is InChI=1S/C21H20BrN7O3/c22-10-19(30)26-15-2-1-7-28(11-15)17-9-18(29-21(27-17)23-12-24-29)25-14-4-5-16-13(8-14)3-6-20(31)32-16/h3-6,8-9,12,15,25H,1-2,7,10-11H2,(H,26,30). The summed E-state index contributed by atoms with van der Waals surface area (Å²) in [7, 11) is 0. The zero-order valence-corrected chi connectivity index (χ0v) is 18.6. The summed E-state index contributed by atoms with van der Waals surface area (Å²) < 4.78 is 6.84. The summed E-state index contributed by atoms with van der Waals surface area (Å²) >= 11 is 3.20. The van der Waals surface area contributed by atoms with Crippen LogP contribution in [0, 0.1) is 0 Å². The lowest BCUT2D eigenvalue weighted by Crippen LogP contribution is -2.48. The van der Waals surface area contributed by atoms with Crippen LogP contribution in [0.2, 0.25) is 0 Å². The molecule has 0 spiro atoms. The van der Waals surface area contributed by atoms with E-state index in [4.69, 9.17) is 4.42 Å². The van der Waals surface area contributed by atoms with E-state index in [2.05, 4.69) is 46.5 Å². The SMILES string of the molecule is O=C(CBr)NC1CCCN(c2cc(Nc3ccc4oc(=O)ccc4c3)n3ncnc3n2)C1. The Labute approximate surface area is 190 Å². The molecule has 4 heterocycles. The molecule has 32 heavy (non-hydrogen) atoms. The number of amides is 1. The van der Waals surface area contributed by atoms with E-state index in [0.717, 1.165) is 36.3 Å². The maximum atomic E-state index is 11.8. The largest absolute Gasteiger partial charge is 0.423 e. The van der Waals surface area contributed by atoms with Gasteiger partial charge < -0.3 is 20.0 Å². The molecule has 1 amide bonds. The van der Waals surface area contributed by atoms with Gasteiger partial charge >= 0.3 is 5.63 Å². The van der Waals surface area contributed by atoms with Gasteiger partial charge in [-0.1, -0.05) is 15.9 Å². The summed E-state index contributed by atoms with van der Waals surface area (Å²) in [6.45, 7) is 1.51. The van der Waals surface area contributed by atoms with E-state index in [1.54, 1.807) is 16.6 Å². The number of aromatic nitrogens is 4. The average molecular weight is 498 g/mol. The molecule has 0 bridgehead atoms. The summed E-state index contributed by atoms with van der Waals surface area (Å²) in [5.74, 6) is 1.92. The topological polar surface area (TPSA) is 118 Å². The fraction of sp³-hybridized carbons (Fsp3) is 0.286. The lowest BCUT2D eigenvalue weighted by molar-refractivity contribution is -0.119. The van der Waals surface area contributed by atoms with Gasteiger partial charge in [0.15, 0.2) is 0 Å². The highest BCUT2D eigenvalue weighted by Crippen LogP contribution is 2.26. The van der Waals surface area contributed by atoms with Gasteiger partial charge in [0.05, 0.1) is 5.33 Å². The molecular formula is C21H20BrN7O3. The first-order valence-corrected chi connectivity index (χ1v) is 11.3. The fourth-order valence-electron chi connectivity index (χ4n) is 3.92. The van der Waals surface area contributed by atoms with Crippen LogP contribution in [0.15, 0.2) is 51.9 Å². The monoisotopic (exact) mass is 497 g/mol. The molecule has 10 nitrogen and oxygen atoms in total. The minimum atomic E-state index is -0.381. The van der Waals surface area contributed by atoms with Crippen LogP contribution in [0.1, 0.15) is 12.8 Å². The molecule has 0 radical (unpaired) electrons. The third kappa shape index (κ3) is 4.15. The minimum Gasteiger partial charge on any atom is -0.423 e. The lowest BCUT2D eigenvalue weighted by atomic mass is 10.1. The van der Waals surface area contributed by atoms with Gasteiger partial charge in [0, 0.05) is 42.3 Å². The van der Waals surface area contributed by atoms with Crippen molar-refractivity contribution < 1.29 is 9.21 Å². The van der Waals surface area contributed by atoms with Gasteiger partial charge in [0.2, 0.25) is 5.91 Å². The second-order valence-electron chi connectivity index (χ2n) is 7.59. The average Bonchev–Trinajstić information content (AvgIpc) is 3.28. The number of nitrogens with zero attached hydrogens (tertiary/aromatic N) is 5. The Kier molecular flexibility index (Phi) is 5.48. The highest BCUT2D eigenvalue weighted by atomic mass is 79.9. The first-order valence-electron chi connectivity index (χ1n) is 10.2. The third-order valence-electron chi connectivity index (χ3n) is 5.36. The van der Waals surface area contributed by atoms with Crippen LogP contribution in [0.4, 0.5) is 17.3 Å². The van der Waals surface area contributed by atoms with Crippen molar-refractivity contribution in [3.8, 4) is 0 Å². The Morgan fingerprint density at radius 3 is 3.03 bits per heavy atom. The van der Waals surface area contributed by atoms with Gasteiger partial charge in [-0.25, -0.2) is 4.79 Å². The number of fused-ring (bicyclic) bond motifs is 2. The van der Waals surface area contributed by atoms with E-state index in [1.165, 1.54) is 12.4 Å². The molecule has 1 fully saturated rings. The van der Waals surface area contributed by atoms with Crippen LogP contribution in [0.5, 0.6) is 0 Å². The number of rotatable bonds is 5. The lowest BCUT2D eigenvalue weighted by Gasteiger charge is -2.34. The predicted molar refractivity (Wildman–Crippen MR) is 124 cm³/mol. The predicted octanol–water partition coefficient (Wildman–Crippen LogP) is 2.45. The van der Waals surface area contributed by atoms with E-state index in [0.29, 0.717) is 23.7 Å². The second-order valence-corrected chi connectivity index (χ2v) is 8.15. The van der Waals surface area contributed by atoms with Crippen molar-refractivity contribution in [1.29, 1.82) is 0 Å². The van der Waals surface area contributed by atoms with Crippen molar-refractivity contribution >= 4 is 55.9 Å². The van der Waals surface area contributed by atoms with Gasteiger partial charge in [0.1, 0.15) is 23.5 Å². The maximum absolute atomic E-state index is 11.8. The van der Waals surface area contributed by atoms with Crippen molar-refractivity contribution in [2.75, 3.05) is 28.6 Å². The van der Waals surface area contributed by atoms with E-state index in [9.17, 15) is 9.59 Å². The molecule has 0 saturated carbocycles. The number of nitrogens with one attached hydrogen (secondary N) is 2. The van der Waals surface area contributed by atoms with Crippen LogP contribution in [0.25, 0.3) is 16.7 Å². The van der Waals surface area contributed by atoms with E-state index in [1.807, 2.05) is 18.2 Å². The Morgan fingerprint density at radius 1 is 1.25 bits per heavy atom. The molecule has 0 aliphatic carbocycles. The number of alkyl halides is 1. The van der Waals surface area contributed by atoms with Crippen molar-refractivity contribution in [2.45, 2.75) is 18.9 Å². The molecule has 2 N–H and O–H groups in total. The second kappa shape index (κ2) is 8.58. The van der Waals surface area contributed by atoms with Gasteiger partial charge in [-0.3, -0.25) is 4.79 Å². The first-order chi connectivity index (χ1) is 15.6. The van der Waals surface area contributed by atoms with Gasteiger partial charge in [0.25, 0.3) is 5.78 Å². The molecule has 164 valence electrons. The molecule has 1 aliphatic rings. The summed E-state index contributed by atoms with van der Waals surface area (Å²) in [6.07, 6.45) is 3.34. The Morgan fingerprint density at radius 2 is 2.16 bits per heavy atom. The van der Waals surface area contributed by atoms with Crippen LogP contribution < -0.4 is 21.2 Å². The summed E-state index contributed by atoms with van der Waals surface area (Å²) in [5.41, 5.74) is 0.948. The number of hydrogen-bond donors (Lipinski definition) is 2. The number of benzene rings is 1. The Hall–Kier alpha value is -3.47. The van der Waals surface area contributed by atoms with Gasteiger partial charge in [-0.15, -0.1) is 0 Å². The third-order valence-corrected chi connectivity index (χ3v) is 5.87. The molecule has 1 unspecified atom stereocenters. The molecule has 1 atom stereocenters. The highest BCUT2D eigenvalue weighted by Gasteiger charge is 2.23. The van der Waals surface area contributed by atoms with Crippen LogP contribution in [0.3, 0.4) is 0 Å². The minimum absolute atomic E-state index is 0.0211. The number of hydrogen-bond acceptors (Lipinski definition) is 8. The first kappa shape index (κ1) is 20.4. The number of carbonyl (C=O) groups is 1. The van der Waals surface area contributed by atoms with Gasteiger partial charge in [-0.05, 0) is 37.1 Å². The zero-order chi connectivity index (χ0) is 22.1. The van der Waals surface area contributed by atoms with Crippen molar-refractivity contribution in [3.63, 3.8) is 0 Å². The van der Waals surface area contributed by atoms with Crippen molar-refractivity contribution in [2.24, 2.45) is 0 Å². The van der Waals surface area contributed by atoms with Crippen LogP contribution >= 0.6 is 15.9 Å². The fourth-order valence-corrected chi connectivity index (χ4v) is 4.08. The summed E-state index contributed by atoms with van der Waals surface area (Å²) in [4.78, 5) is 34.3. The normalized spacial score (nSPS) is 16.4.